The Morgan fingerprint density at radius 2 is 1.88 bits per heavy atom. The first-order chi connectivity index (χ1) is 11.8. The van der Waals surface area contributed by atoms with Crippen LogP contribution in [0, 0.1) is 0 Å². The predicted molar refractivity (Wildman–Crippen MR) is 95.7 cm³/mol. The average Bonchev–Trinajstić information content (AvgIpc) is 2.63. The topological polar surface area (TPSA) is 35.5 Å². The van der Waals surface area contributed by atoms with Crippen LogP contribution in [0.1, 0.15) is 42.1 Å². The maximum atomic E-state index is 12.5. The van der Waals surface area contributed by atoms with Crippen LogP contribution in [-0.4, -0.2) is 19.0 Å². The molecule has 124 valence electrons. The molecule has 3 rings (SSSR count). The van der Waals surface area contributed by atoms with Gasteiger partial charge in [0.2, 0.25) is 0 Å². The Labute approximate surface area is 142 Å². The molecule has 3 heteroatoms. The summed E-state index contributed by atoms with van der Waals surface area (Å²) < 4.78 is 11.4. The van der Waals surface area contributed by atoms with Gasteiger partial charge < -0.3 is 9.47 Å². The van der Waals surface area contributed by atoms with Gasteiger partial charge in [-0.3, -0.25) is 4.79 Å². The molecular formula is C21H22O3. The van der Waals surface area contributed by atoms with Crippen LogP contribution in [0.25, 0.3) is 6.08 Å². The Morgan fingerprint density at radius 3 is 2.67 bits per heavy atom. The number of carbonyl (C=O) groups excluding carboxylic acids is 1. The third-order valence-corrected chi connectivity index (χ3v) is 4.04. The van der Waals surface area contributed by atoms with E-state index >= 15 is 0 Å². The Balaban J connectivity index is 1.67. The van der Waals surface area contributed by atoms with Crippen LogP contribution in [0.2, 0.25) is 0 Å². The molecule has 0 amide bonds. The van der Waals surface area contributed by atoms with Gasteiger partial charge >= 0.3 is 0 Å². The van der Waals surface area contributed by atoms with Crippen molar-refractivity contribution in [1.29, 1.82) is 0 Å². The molecule has 0 bridgehead atoms. The van der Waals surface area contributed by atoms with E-state index < -0.39 is 0 Å². The summed E-state index contributed by atoms with van der Waals surface area (Å²) in [5.41, 5.74) is 2.28. The lowest BCUT2D eigenvalue weighted by molar-refractivity contribution is 0.100. The van der Waals surface area contributed by atoms with Crippen LogP contribution < -0.4 is 9.47 Å². The zero-order valence-corrected chi connectivity index (χ0v) is 14.0. The van der Waals surface area contributed by atoms with Gasteiger partial charge in [0, 0.05) is 5.57 Å². The Hall–Kier alpha value is -2.55. The van der Waals surface area contributed by atoms with Gasteiger partial charge in [0.1, 0.15) is 18.1 Å². The summed E-state index contributed by atoms with van der Waals surface area (Å²) in [7, 11) is 0. The second-order valence-electron chi connectivity index (χ2n) is 5.91. The summed E-state index contributed by atoms with van der Waals surface area (Å²) in [6, 6.07) is 15.2. The van der Waals surface area contributed by atoms with Crippen molar-refractivity contribution in [2.75, 3.05) is 13.2 Å². The second kappa shape index (κ2) is 7.82. The van der Waals surface area contributed by atoms with Gasteiger partial charge in [0.05, 0.1) is 12.2 Å². The Kier molecular flexibility index (Phi) is 5.32. The highest BCUT2D eigenvalue weighted by atomic mass is 16.5. The summed E-state index contributed by atoms with van der Waals surface area (Å²) in [4.78, 5) is 12.5. The van der Waals surface area contributed by atoms with Crippen molar-refractivity contribution in [3.05, 3.63) is 65.2 Å². The molecule has 0 atom stereocenters. The van der Waals surface area contributed by atoms with E-state index in [1.165, 1.54) is 12.8 Å². The minimum Gasteiger partial charge on any atom is -0.494 e. The van der Waals surface area contributed by atoms with E-state index in [1.807, 2.05) is 48.5 Å². The third-order valence-electron chi connectivity index (χ3n) is 4.04. The number of carbonyl (C=O) groups is 1. The lowest BCUT2D eigenvalue weighted by Gasteiger charge is -2.18. The van der Waals surface area contributed by atoms with E-state index in [4.69, 9.17) is 9.47 Å². The molecule has 2 aromatic carbocycles. The lowest BCUT2D eigenvalue weighted by Crippen LogP contribution is -2.18. The number of ketones is 1. The summed E-state index contributed by atoms with van der Waals surface area (Å²) in [5, 5.41) is 0. The van der Waals surface area contributed by atoms with E-state index in [0.717, 1.165) is 24.3 Å². The van der Waals surface area contributed by atoms with Crippen molar-refractivity contribution >= 4 is 11.9 Å². The third kappa shape index (κ3) is 3.85. The second-order valence-corrected chi connectivity index (χ2v) is 5.91. The number of Topliss-reactive ketones (excluding diaryl/α,β-unsaturated/α-hetero) is 1. The Morgan fingerprint density at radius 1 is 1.08 bits per heavy atom. The standard InChI is InChI=1S/C21H22O3/c1-2-3-6-13-23-18-11-9-16(10-12-18)14-17-15-24-20-8-5-4-7-19(20)21(17)22/h4-5,7-12,14H,2-3,6,13,15H2,1H3/b17-14+. The van der Waals surface area contributed by atoms with Crippen molar-refractivity contribution in [1.82, 2.24) is 0 Å². The monoisotopic (exact) mass is 322 g/mol. The fraction of sp³-hybridized carbons (Fsp3) is 0.286. The van der Waals surface area contributed by atoms with Gasteiger partial charge in [-0.05, 0) is 42.3 Å². The van der Waals surface area contributed by atoms with Gasteiger partial charge in [-0.2, -0.15) is 0 Å². The first-order valence-electron chi connectivity index (χ1n) is 8.48. The lowest BCUT2D eigenvalue weighted by atomic mass is 9.98. The number of hydrogen-bond acceptors (Lipinski definition) is 3. The molecule has 3 nitrogen and oxygen atoms in total. The van der Waals surface area contributed by atoms with Crippen molar-refractivity contribution in [2.24, 2.45) is 0 Å². The molecule has 0 fully saturated rings. The van der Waals surface area contributed by atoms with Crippen LogP contribution in [-0.2, 0) is 0 Å². The van der Waals surface area contributed by atoms with Gasteiger partial charge in [0.15, 0.2) is 5.78 Å². The van der Waals surface area contributed by atoms with Crippen molar-refractivity contribution in [3.8, 4) is 11.5 Å². The summed E-state index contributed by atoms with van der Waals surface area (Å²) in [5.74, 6) is 1.57. The molecule has 0 saturated heterocycles. The number of ether oxygens (including phenoxy) is 2. The van der Waals surface area contributed by atoms with Crippen LogP contribution in [0.15, 0.2) is 54.1 Å². The first-order valence-corrected chi connectivity index (χ1v) is 8.48. The number of benzene rings is 2. The largest absolute Gasteiger partial charge is 0.494 e. The molecule has 0 aromatic heterocycles. The fourth-order valence-corrected chi connectivity index (χ4v) is 2.68. The molecule has 0 aliphatic carbocycles. The zero-order valence-electron chi connectivity index (χ0n) is 14.0. The smallest absolute Gasteiger partial charge is 0.196 e. The Bertz CT molecular complexity index is 729. The van der Waals surface area contributed by atoms with E-state index in [2.05, 4.69) is 6.92 Å². The number of unbranched alkanes of at least 4 members (excludes halogenated alkanes) is 2. The van der Waals surface area contributed by atoms with E-state index in [9.17, 15) is 4.79 Å². The molecule has 1 aliphatic rings. The normalized spacial score (nSPS) is 15.0. The highest BCUT2D eigenvalue weighted by molar-refractivity contribution is 6.14. The van der Waals surface area contributed by atoms with Gasteiger partial charge in [-0.25, -0.2) is 0 Å². The highest BCUT2D eigenvalue weighted by Gasteiger charge is 2.22. The van der Waals surface area contributed by atoms with Gasteiger partial charge in [0.25, 0.3) is 0 Å². The quantitative estimate of drug-likeness (QED) is 0.560. The van der Waals surface area contributed by atoms with Crippen LogP contribution in [0.4, 0.5) is 0 Å². The molecule has 2 aromatic rings. The number of hydrogen-bond donors (Lipinski definition) is 0. The summed E-state index contributed by atoms with van der Waals surface area (Å²) in [6.07, 6.45) is 5.34. The van der Waals surface area contributed by atoms with Gasteiger partial charge in [-0.15, -0.1) is 0 Å². The minimum absolute atomic E-state index is 0.0387. The molecule has 0 unspecified atom stereocenters. The van der Waals surface area contributed by atoms with E-state index in [0.29, 0.717) is 23.5 Å². The van der Waals surface area contributed by atoms with Crippen molar-refractivity contribution in [3.63, 3.8) is 0 Å². The molecule has 0 N–H and O–H groups in total. The minimum atomic E-state index is 0.0387. The molecular weight excluding hydrogens is 300 g/mol. The van der Waals surface area contributed by atoms with Crippen LogP contribution in [0.5, 0.6) is 11.5 Å². The first kappa shape index (κ1) is 16.3. The van der Waals surface area contributed by atoms with E-state index in [-0.39, 0.29) is 5.78 Å². The zero-order chi connectivity index (χ0) is 16.8. The fourth-order valence-electron chi connectivity index (χ4n) is 2.68. The average molecular weight is 322 g/mol. The SMILES string of the molecule is CCCCCOc1ccc(/C=C2\COc3ccccc3C2=O)cc1. The molecule has 1 heterocycles. The molecule has 1 aliphatic heterocycles. The van der Waals surface area contributed by atoms with E-state index in [1.54, 1.807) is 6.07 Å². The summed E-state index contributed by atoms with van der Waals surface area (Å²) in [6.45, 7) is 3.24. The maximum absolute atomic E-state index is 12.5. The van der Waals surface area contributed by atoms with Crippen molar-refractivity contribution in [2.45, 2.75) is 26.2 Å². The highest BCUT2D eigenvalue weighted by Crippen LogP contribution is 2.27. The predicted octanol–water partition coefficient (Wildman–Crippen LogP) is 4.91. The van der Waals surface area contributed by atoms with Crippen LogP contribution in [0.3, 0.4) is 0 Å². The van der Waals surface area contributed by atoms with Gasteiger partial charge in [-0.1, -0.05) is 44.0 Å². The summed E-state index contributed by atoms with van der Waals surface area (Å²) >= 11 is 0. The maximum Gasteiger partial charge on any atom is 0.196 e. The molecule has 0 radical (unpaired) electrons. The number of fused-ring (bicyclic) bond motifs is 1. The molecule has 24 heavy (non-hydrogen) atoms. The van der Waals surface area contributed by atoms with Crippen LogP contribution >= 0.6 is 0 Å². The molecule has 0 saturated carbocycles. The van der Waals surface area contributed by atoms with Crippen molar-refractivity contribution < 1.29 is 14.3 Å². The molecule has 0 spiro atoms. The number of rotatable bonds is 6. The number of para-hydroxylation sites is 1.